The summed E-state index contributed by atoms with van der Waals surface area (Å²) >= 11 is 0. The molecule has 2 heteroatoms. The van der Waals surface area contributed by atoms with Crippen LogP contribution in [0.15, 0.2) is 36.4 Å². The Morgan fingerprint density at radius 2 is 1.85 bits per heavy atom. The molecule has 0 unspecified atom stereocenters. The molecule has 102 valence electrons. The van der Waals surface area contributed by atoms with Crippen LogP contribution in [-0.4, -0.2) is 5.78 Å². The summed E-state index contributed by atoms with van der Waals surface area (Å²) in [5.74, 6) is 1.17. The molecule has 0 bridgehead atoms. The van der Waals surface area contributed by atoms with Gasteiger partial charge in [-0.2, -0.15) is 0 Å². The Bertz CT molecular complexity index is 684. The van der Waals surface area contributed by atoms with Gasteiger partial charge in [-0.15, -0.1) is 0 Å². The number of rotatable bonds is 1. The lowest BCUT2D eigenvalue weighted by Gasteiger charge is -2.16. The topological polar surface area (TPSA) is 26.3 Å². The van der Waals surface area contributed by atoms with Crippen LogP contribution in [0, 0.1) is 6.92 Å². The van der Waals surface area contributed by atoms with E-state index in [2.05, 4.69) is 19.9 Å². The molecule has 0 N–H and O–H groups in total. The van der Waals surface area contributed by atoms with E-state index in [4.69, 9.17) is 4.74 Å². The maximum Gasteiger partial charge on any atom is 0.197 e. The highest BCUT2D eigenvalue weighted by Crippen LogP contribution is 2.37. The van der Waals surface area contributed by atoms with Crippen LogP contribution in [-0.2, 0) is 6.61 Å². The third kappa shape index (κ3) is 1.92. The van der Waals surface area contributed by atoms with Crippen LogP contribution in [0.4, 0.5) is 0 Å². The second-order valence-electron chi connectivity index (χ2n) is 5.61. The van der Waals surface area contributed by atoms with Gasteiger partial charge in [0.25, 0.3) is 0 Å². The standard InChI is InChI=1S/C18H18O2/c1-11(2)14-9-8-12(3)16-17(19)15-7-5-4-6-13(15)10-20-18(14)16/h4-9,11H,10H2,1-3H3. The van der Waals surface area contributed by atoms with Crippen molar-refractivity contribution >= 4 is 5.78 Å². The van der Waals surface area contributed by atoms with Gasteiger partial charge < -0.3 is 4.74 Å². The highest BCUT2D eigenvalue weighted by molar-refractivity contribution is 6.13. The quantitative estimate of drug-likeness (QED) is 0.771. The molecule has 0 fully saturated rings. The Morgan fingerprint density at radius 3 is 2.60 bits per heavy atom. The zero-order chi connectivity index (χ0) is 14.3. The first-order valence-electron chi connectivity index (χ1n) is 6.98. The Morgan fingerprint density at radius 1 is 1.10 bits per heavy atom. The molecule has 2 aromatic rings. The van der Waals surface area contributed by atoms with Crippen molar-refractivity contribution in [2.75, 3.05) is 0 Å². The van der Waals surface area contributed by atoms with Crippen LogP contribution in [0.1, 0.15) is 52.4 Å². The van der Waals surface area contributed by atoms with E-state index in [0.29, 0.717) is 12.5 Å². The Labute approximate surface area is 119 Å². The maximum absolute atomic E-state index is 12.8. The van der Waals surface area contributed by atoms with Gasteiger partial charge in [0.15, 0.2) is 5.78 Å². The number of aryl methyl sites for hydroxylation is 1. The van der Waals surface area contributed by atoms with E-state index in [-0.39, 0.29) is 5.78 Å². The second kappa shape index (κ2) is 4.78. The minimum Gasteiger partial charge on any atom is -0.488 e. The van der Waals surface area contributed by atoms with Gasteiger partial charge in [-0.05, 0) is 24.0 Å². The summed E-state index contributed by atoms with van der Waals surface area (Å²) < 4.78 is 6.00. The fourth-order valence-electron chi connectivity index (χ4n) is 2.74. The van der Waals surface area contributed by atoms with Gasteiger partial charge in [0.05, 0.1) is 5.56 Å². The van der Waals surface area contributed by atoms with Crippen LogP contribution in [0.2, 0.25) is 0 Å². The van der Waals surface area contributed by atoms with Gasteiger partial charge in [0.2, 0.25) is 0 Å². The molecule has 0 spiro atoms. The highest BCUT2D eigenvalue weighted by atomic mass is 16.5. The van der Waals surface area contributed by atoms with E-state index in [0.717, 1.165) is 33.6 Å². The van der Waals surface area contributed by atoms with Crippen molar-refractivity contribution in [2.45, 2.75) is 33.3 Å². The molecule has 0 aromatic heterocycles. The SMILES string of the molecule is Cc1ccc(C(C)C)c2c1C(=O)c1ccccc1CO2. The van der Waals surface area contributed by atoms with Crippen molar-refractivity contribution < 1.29 is 9.53 Å². The summed E-state index contributed by atoms with van der Waals surface area (Å²) in [6, 6.07) is 11.8. The predicted octanol–water partition coefficient (Wildman–Crippen LogP) is 4.24. The lowest BCUT2D eigenvalue weighted by molar-refractivity contribution is 0.103. The lowest BCUT2D eigenvalue weighted by Crippen LogP contribution is -2.06. The molecular formula is C18H18O2. The molecule has 2 nitrogen and oxygen atoms in total. The van der Waals surface area contributed by atoms with E-state index in [1.54, 1.807) is 0 Å². The van der Waals surface area contributed by atoms with Crippen molar-refractivity contribution in [2.24, 2.45) is 0 Å². The molecular weight excluding hydrogens is 248 g/mol. The zero-order valence-corrected chi connectivity index (χ0v) is 12.1. The second-order valence-corrected chi connectivity index (χ2v) is 5.61. The van der Waals surface area contributed by atoms with E-state index >= 15 is 0 Å². The molecule has 0 saturated heterocycles. The van der Waals surface area contributed by atoms with Crippen LogP contribution in [0.3, 0.4) is 0 Å². The van der Waals surface area contributed by atoms with Gasteiger partial charge in [-0.3, -0.25) is 4.79 Å². The predicted molar refractivity (Wildman–Crippen MR) is 79.5 cm³/mol. The molecule has 0 amide bonds. The number of carbonyl (C=O) groups excluding carboxylic acids is 1. The van der Waals surface area contributed by atoms with Crippen molar-refractivity contribution in [1.82, 2.24) is 0 Å². The fourth-order valence-corrected chi connectivity index (χ4v) is 2.74. The molecule has 3 rings (SSSR count). The van der Waals surface area contributed by atoms with Gasteiger partial charge >= 0.3 is 0 Å². The molecule has 0 aliphatic carbocycles. The van der Waals surface area contributed by atoms with Crippen molar-refractivity contribution in [3.63, 3.8) is 0 Å². The van der Waals surface area contributed by atoms with Crippen LogP contribution in [0.25, 0.3) is 0 Å². The Kier molecular flexibility index (Phi) is 3.09. The number of benzene rings is 2. The monoisotopic (exact) mass is 266 g/mol. The molecule has 1 aliphatic heterocycles. The third-order valence-corrected chi connectivity index (χ3v) is 3.88. The van der Waals surface area contributed by atoms with Crippen LogP contribution in [0.5, 0.6) is 5.75 Å². The first kappa shape index (κ1) is 12.9. The average Bonchev–Trinajstić information content (AvgIpc) is 2.58. The number of ketones is 1. The number of fused-ring (bicyclic) bond motifs is 2. The average molecular weight is 266 g/mol. The Balaban J connectivity index is 2.26. The molecule has 1 heterocycles. The molecule has 1 aliphatic rings. The summed E-state index contributed by atoms with van der Waals surface area (Å²) in [4.78, 5) is 12.8. The minimum atomic E-state index is 0.0769. The number of ether oxygens (including phenoxy) is 1. The maximum atomic E-state index is 12.8. The first-order valence-corrected chi connectivity index (χ1v) is 6.98. The number of carbonyl (C=O) groups is 1. The zero-order valence-electron chi connectivity index (χ0n) is 12.1. The van der Waals surface area contributed by atoms with Gasteiger partial charge in [0, 0.05) is 11.1 Å². The van der Waals surface area contributed by atoms with Crippen molar-refractivity contribution in [3.05, 3.63) is 64.2 Å². The molecule has 0 atom stereocenters. The largest absolute Gasteiger partial charge is 0.488 e. The van der Waals surface area contributed by atoms with Gasteiger partial charge in [-0.1, -0.05) is 50.2 Å². The summed E-state index contributed by atoms with van der Waals surface area (Å²) in [5.41, 5.74) is 4.53. The smallest absolute Gasteiger partial charge is 0.197 e. The van der Waals surface area contributed by atoms with Gasteiger partial charge in [-0.25, -0.2) is 0 Å². The van der Waals surface area contributed by atoms with E-state index in [9.17, 15) is 4.79 Å². The summed E-state index contributed by atoms with van der Waals surface area (Å²) in [7, 11) is 0. The minimum absolute atomic E-state index is 0.0769. The van der Waals surface area contributed by atoms with Crippen molar-refractivity contribution in [3.8, 4) is 5.75 Å². The summed E-state index contributed by atoms with van der Waals surface area (Å²) in [6.45, 7) is 6.67. The highest BCUT2D eigenvalue weighted by Gasteiger charge is 2.26. The summed E-state index contributed by atoms with van der Waals surface area (Å²) in [6.07, 6.45) is 0. The van der Waals surface area contributed by atoms with Gasteiger partial charge in [0.1, 0.15) is 12.4 Å². The number of hydrogen-bond acceptors (Lipinski definition) is 2. The molecule has 20 heavy (non-hydrogen) atoms. The van der Waals surface area contributed by atoms with Crippen molar-refractivity contribution in [1.29, 1.82) is 0 Å². The first-order chi connectivity index (χ1) is 9.59. The number of hydrogen-bond donors (Lipinski definition) is 0. The third-order valence-electron chi connectivity index (χ3n) is 3.88. The normalized spacial score (nSPS) is 13.5. The van der Waals surface area contributed by atoms with E-state index in [1.807, 2.05) is 37.3 Å². The van der Waals surface area contributed by atoms with E-state index < -0.39 is 0 Å². The Hall–Kier alpha value is -2.09. The molecule has 2 aromatic carbocycles. The van der Waals surface area contributed by atoms with Crippen LogP contribution >= 0.6 is 0 Å². The van der Waals surface area contributed by atoms with E-state index in [1.165, 1.54) is 0 Å². The molecule has 0 saturated carbocycles. The fraction of sp³-hybridized carbons (Fsp3) is 0.278. The lowest BCUT2D eigenvalue weighted by atomic mass is 9.91. The summed E-state index contributed by atoms with van der Waals surface area (Å²) in [5, 5.41) is 0. The van der Waals surface area contributed by atoms with Crippen LogP contribution < -0.4 is 4.74 Å². The molecule has 0 radical (unpaired) electrons.